The molecule has 0 bridgehead atoms. The molecule has 130 valence electrons. The van der Waals surface area contributed by atoms with Gasteiger partial charge in [0, 0.05) is 18.5 Å². The molecule has 2 aliphatic heterocycles. The van der Waals surface area contributed by atoms with E-state index in [2.05, 4.69) is 16.7 Å². The lowest BCUT2D eigenvalue weighted by Gasteiger charge is -2.29. The van der Waals surface area contributed by atoms with E-state index in [1.54, 1.807) is 4.90 Å². The van der Waals surface area contributed by atoms with Gasteiger partial charge < -0.3 is 10.6 Å². The van der Waals surface area contributed by atoms with Gasteiger partial charge in [0.1, 0.15) is 6.04 Å². The molecule has 2 amide bonds. The Labute approximate surface area is 143 Å². The topological polar surface area (TPSA) is 61.4 Å². The van der Waals surface area contributed by atoms with Gasteiger partial charge in [0.25, 0.3) is 0 Å². The van der Waals surface area contributed by atoms with Gasteiger partial charge in [-0.1, -0.05) is 32.0 Å². The normalized spacial score (nSPS) is 22.8. The van der Waals surface area contributed by atoms with Crippen LogP contribution < -0.4 is 15.5 Å². The first-order chi connectivity index (χ1) is 11.4. The number of para-hydroxylation sites is 1. The summed E-state index contributed by atoms with van der Waals surface area (Å²) in [7, 11) is 0. The molecule has 1 aromatic rings. The van der Waals surface area contributed by atoms with Crippen LogP contribution in [0.1, 0.15) is 45.2 Å². The number of benzene rings is 1. The van der Waals surface area contributed by atoms with Crippen LogP contribution in [0.25, 0.3) is 0 Å². The number of nitrogens with one attached hydrogen (secondary N) is 2. The number of carbonyl (C=O) groups is 2. The summed E-state index contributed by atoms with van der Waals surface area (Å²) in [6.45, 7) is 7.98. The van der Waals surface area contributed by atoms with Crippen molar-refractivity contribution in [2.24, 2.45) is 0 Å². The molecular weight excluding hydrogens is 302 g/mol. The Morgan fingerprint density at radius 2 is 1.88 bits per heavy atom. The van der Waals surface area contributed by atoms with Gasteiger partial charge in [0.05, 0.1) is 11.7 Å². The number of rotatable bonds is 4. The second-order valence-corrected chi connectivity index (χ2v) is 7.43. The van der Waals surface area contributed by atoms with Crippen LogP contribution >= 0.6 is 0 Å². The monoisotopic (exact) mass is 329 g/mol. The molecule has 0 spiro atoms. The molecular formula is C19H27N3O2. The molecule has 0 aliphatic carbocycles. The Bertz CT molecular complexity index is 654. The summed E-state index contributed by atoms with van der Waals surface area (Å²) in [6, 6.07) is 5.77. The fourth-order valence-corrected chi connectivity index (χ4v) is 3.78. The van der Waals surface area contributed by atoms with Gasteiger partial charge in [-0.25, -0.2) is 0 Å². The SMILES string of the molecule is CC(C)NC(=O)[C@H]1Cc2cccc3c2N1C(=O)[C@H](NC(C)C)CC3. The third-order valence-electron chi connectivity index (χ3n) is 4.67. The van der Waals surface area contributed by atoms with Crippen LogP contribution in [-0.2, 0) is 22.4 Å². The quantitative estimate of drug-likeness (QED) is 0.885. The summed E-state index contributed by atoms with van der Waals surface area (Å²) in [6.07, 6.45) is 2.22. The molecule has 0 fully saturated rings. The summed E-state index contributed by atoms with van der Waals surface area (Å²) in [5.41, 5.74) is 3.25. The number of hydrogen-bond acceptors (Lipinski definition) is 3. The number of carbonyl (C=O) groups excluding carboxylic acids is 2. The highest BCUT2D eigenvalue weighted by Gasteiger charge is 2.43. The largest absolute Gasteiger partial charge is 0.352 e. The van der Waals surface area contributed by atoms with Crippen LogP contribution in [0, 0.1) is 0 Å². The smallest absolute Gasteiger partial charge is 0.244 e. The molecule has 2 heterocycles. The standard InChI is InChI=1S/C19H27N3O2/c1-11(2)20-15-9-8-13-6-5-7-14-10-16(18(23)21-12(3)4)22(17(13)14)19(15)24/h5-7,11-12,15-16,20H,8-10H2,1-4H3,(H,21,23)/t15-,16-/m1/s1. The van der Waals surface area contributed by atoms with E-state index >= 15 is 0 Å². The number of aryl methyl sites for hydroxylation is 1. The van der Waals surface area contributed by atoms with Gasteiger partial charge >= 0.3 is 0 Å². The second kappa shape index (κ2) is 6.55. The van der Waals surface area contributed by atoms with Gasteiger partial charge in [-0.05, 0) is 37.8 Å². The van der Waals surface area contributed by atoms with Gasteiger partial charge in [-0.3, -0.25) is 14.5 Å². The minimum Gasteiger partial charge on any atom is -0.352 e. The highest BCUT2D eigenvalue weighted by atomic mass is 16.2. The Kier molecular flexibility index (Phi) is 4.63. The van der Waals surface area contributed by atoms with E-state index in [9.17, 15) is 9.59 Å². The molecule has 2 N–H and O–H groups in total. The van der Waals surface area contributed by atoms with E-state index < -0.39 is 6.04 Å². The second-order valence-electron chi connectivity index (χ2n) is 7.43. The maximum absolute atomic E-state index is 13.2. The molecule has 0 unspecified atom stereocenters. The van der Waals surface area contributed by atoms with Crippen molar-refractivity contribution in [3.05, 3.63) is 29.3 Å². The average Bonchev–Trinajstić information content (AvgIpc) is 2.83. The zero-order chi connectivity index (χ0) is 17.4. The predicted octanol–water partition coefficient (Wildman–Crippen LogP) is 1.78. The zero-order valence-corrected chi connectivity index (χ0v) is 14.9. The zero-order valence-electron chi connectivity index (χ0n) is 14.9. The molecule has 1 aromatic carbocycles. The lowest BCUT2D eigenvalue weighted by Crippen LogP contribution is -2.55. The fourth-order valence-electron chi connectivity index (χ4n) is 3.78. The van der Waals surface area contributed by atoms with Crippen LogP contribution in [0.5, 0.6) is 0 Å². The molecule has 0 aromatic heterocycles. The van der Waals surface area contributed by atoms with Gasteiger partial charge in [-0.2, -0.15) is 0 Å². The average molecular weight is 329 g/mol. The minimum atomic E-state index is -0.439. The molecule has 0 saturated heterocycles. The number of amides is 2. The fraction of sp³-hybridized carbons (Fsp3) is 0.579. The molecule has 24 heavy (non-hydrogen) atoms. The number of hydrogen-bond donors (Lipinski definition) is 2. The third-order valence-corrected chi connectivity index (χ3v) is 4.67. The van der Waals surface area contributed by atoms with Crippen molar-refractivity contribution in [3.63, 3.8) is 0 Å². The lowest BCUT2D eigenvalue weighted by molar-refractivity contribution is -0.127. The van der Waals surface area contributed by atoms with Gasteiger partial charge in [0.15, 0.2) is 0 Å². The molecule has 2 aliphatic rings. The molecule has 0 radical (unpaired) electrons. The summed E-state index contributed by atoms with van der Waals surface area (Å²) >= 11 is 0. The Morgan fingerprint density at radius 1 is 1.17 bits per heavy atom. The van der Waals surface area contributed by atoms with Crippen molar-refractivity contribution in [1.29, 1.82) is 0 Å². The van der Waals surface area contributed by atoms with Crippen LogP contribution in [-0.4, -0.2) is 36.0 Å². The molecule has 3 rings (SSSR count). The molecule has 5 heteroatoms. The van der Waals surface area contributed by atoms with Crippen LogP contribution in [0.2, 0.25) is 0 Å². The third kappa shape index (κ3) is 3.05. The van der Waals surface area contributed by atoms with E-state index in [-0.39, 0.29) is 29.9 Å². The van der Waals surface area contributed by atoms with Crippen molar-refractivity contribution < 1.29 is 9.59 Å². The van der Waals surface area contributed by atoms with Crippen molar-refractivity contribution in [1.82, 2.24) is 10.6 Å². The predicted molar refractivity (Wildman–Crippen MR) is 95.1 cm³/mol. The Hall–Kier alpha value is -1.88. The van der Waals surface area contributed by atoms with Gasteiger partial charge in [0.2, 0.25) is 11.8 Å². The summed E-state index contributed by atoms with van der Waals surface area (Å²) in [5.74, 6) is -0.0398. The number of anilines is 1. The minimum absolute atomic E-state index is 0.0244. The van der Waals surface area contributed by atoms with E-state index in [4.69, 9.17) is 0 Å². The first kappa shape index (κ1) is 17.0. The molecule has 5 nitrogen and oxygen atoms in total. The van der Waals surface area contributed by atoms with Crippen LogP contribution in [0.15, 0.2) is 18.2 Å². The van der Waals surface area contributed by atoms with Crippen molar-refractivity contribution in [3.8, 4) is 0 Å². The first-order valence-electron chi connectivity index (χ1n) is 8.88. The van der Waals surface area contributed by atoms with E-state index in [0.29, 0.717) is 6.42 Å². The Morgan fingerprint density at radius 3 is 2.54 bits per heavy atom. The molecule has 0 saturated carbocycles. The Balaban J connectivity index is 1.98. The van der Waals surface area contributed by atoms with Crippen molar-refractivity contribution >= 4 is 17.5 Å². The van der Waals surface area contributed by atoms with Crippen molar-refractivity contribution in [2.75, 3.05) is 4.90 Å². The van der Waals surface area contributed by atoms with Crippen molar-refractivity contribution in [2.45, 2.75) is 71.1 Å². The molecule has 2 atom stereocenters. The van der Waals surface area contributed by atoms with Gasteiger partial charge in [-0.15, -0.1) is 0 Å². The van der Waals surface area contributed by atoms with E-state index in [1.807, 2.05) is 39.8 Å². The maximum atomic E-state index is 13.2. The summed E-state index contributed by atoms with van der Waals surface area (Å²) < 4.78 is 0. The van der Waals surface area contributed by atoms with E-state index in [1.165, 1.54) is 5.56 Å². The maximum Gasteiger partial charge on any atom is 0.244 e. The highest BCUT2D eigenvalue weighted by Crippen LogP contribution is 2.39. The lowest BCUT2D eigenvalue weighted by atomic mass is 10.0. The first-order valence-corrected chi connectivity index (χ1v) is 8.88. The van der Waals surface area contributed by atoms with E-state index in [0.717, 1.165) is 24.1 Å². The highest BCUT2D eigenvalue weighted by molar-refractivity contribution is 6.06. The van der Waals surface area contributed by atoms with Crippen LogP contribution in [0.3, 0.4) is 0 Å². The summed E-state index contributed by atoms with van der Waals surface area (Å²) in [5, 5.41) is 6.34. The number of nitrogens with zero attached hydrogens (tertiary/aromatic N) is 1. The van der Waals surface area contributed by atoms with Crippen LogP contribution in [0.4, 0.5) is 5.69 Å². The summed E-state index contributed by atoms with van der Waals surface area (Å²) in [4.78, 5) is 27.6.